The average Bonchev–Trinajstić information content (AvgIpc) is 3.26. The Morgan fingerprint density at radius 1 is 0.528 bits per heavy atom. The van der Waals surface area contributed by atoms with Gasteiger partial charge in [0.1, 0.15) is 0 Å². The Morgan fingerprint density at radius 2 is 1.11 bits per heavy atom. The molecular weight excluding hydrogens is 554 g/mol. The van der Waals surface area contributed by atoms with Crippen LogP contribution in [0, 0.1) is 0 Å². The van der Waals surface area contributed by atoms with Gasteiger partial charge in [-0.1, -0.05) is 0 Å². The van der Waals surface area contributed by atoms with Crippen molar-refractivity contribution in [3.63, 3.8) is 0 Å². The van der Waals surface area contributed by atoms with Crippen molar-refractivity contribution in [3.05, 3.63) is 136 Å². The Balaban J connectivity index is 1.36. The quantitative estimate of drug-likeness (QED) is 0.153. The van der Waals surface area contributed by atoms with Gasteiger partial charge in [-0.05, 0) is 0 Å². The number of rotatable bonds is 1. The van der Waals surface area contributed by atoms with Crippen LogP contribution in [0.2, 0.25) is 0 Å². The van der Waals surface area contributed by atoms with Gasteiger partial charge in [-0.2, -0.15) is 0 Å². The van der Waals surface area contributed by atoms with Crippen LogP contribution in [0.4, 0.5) is 0 Å². The minimum absolute atomic E-state index is 0.181. The summed E-state index contributed by atoms with van der Waals surface area (Å²) in [5, 5.41) is 4.30. The van der Waals surface area contributed by atoms with E-state index in [0.717, 1.165) is 29.3 Å². The molecule has 0 saturated heterocycles. The number of hydrogen-bond donors (Lipinski definition) is 0. The van der Waals surface area contributed by atoms with Crippen LogP contribution in [0.25, 0.3) is 45.1 Å². The summed E-state index contributed by atoms with van der Waals surface area (Å²) < 4.78 is 4.84. The van der Waals surface area contributed by atoms with Crippen molar-refractivity contribution in [2.75, 3.05) is 0 Å². The molecule has 8 rings (SSSR count). The van der Waals surface area contributed by atoms with Crippen LogP contribution in [-0.4, -0.2) is 25.0 Å². The van der Waals surface area contributed by atoms with Gasteiger partial charge in [0.25, 0.3) is 0 Å². The Kier molecular flexibility index (Phi) is 4.38. The molecule has 0 N–H and O–H groups in total. The number of nitrogens with zero attached hydrogens (tertiary/aromatic N) is 1. The summed E-state index contributed by atoms with van der Waals surface area (Å²) in [6.45, 7) is 0. The molecule has 170 valence electrons. The summed E-state index contributed by atoms with van der Waals surface area (Å²) in [6.07, 6.45) is 1.89. The number of para-hydroxylation sites is 2. The number of benzene rings is 5. The first kappa shape index (κ1) is 20.5. The Hall–Kier alpha value is -3.64. The van der Waals surface area contributed by atoms with E-state index in [4.69, 9.17) is 0 Å². The van der Waals surface area contributed by atoms with Crippen LogP contribution in [-0.2, 0) is 12.8 Å². The van der Waals surface area contributed by atoms with E-state index in [9.17, 15) is 4.79 Å². The van der Waals surface area contributed by atoms with Crippen molar-refractivity contribution >= 4 is 59.8 Å². The molecular formula is C33H21NOTe. The first-order valence-corrected chi connectivity index (χ1v) is 14.7. The summed E-state index contributed by atoms with van der Waals surface area (Å²) >= 11 is -0.629. The van der Waals surface area contributed by atoms with E-state index in [-0.39, 0.29) is 5.43 Å². The summed E-state index contributed by atoms with van der Waals surface area (Å²) in [4.78, 5) is 13.9. The minimum atomic E-state index is -0.629. The van der Waals surface area contributed by atoms with Gasteiger partial charge >= 0.3 is 219 Å². The molecule has 2 heterocycles. The molecule has 3 heteroatoms. The third kappa shape index (κ3) is 2.94. The molecule has 0 fully saturated rings. The van der Waals surface area contributed by atoms with Crippen LogP contribution in [0.5, 0.6) is 0 Å². The normalized spacial score (nSPS) is 12.9. The van der Waals surface area contributed by atoms with Crippen LogP contribution < -0.4 is 5.43 Å². The predicted octanol–water partition coefficient (Wildman–Crippen LogP) is 7.00. The monoisotopic (exact) mass is 577 g/mol. The molecule has 0 saturated carbocycles. The molecule has 1 aliphatic rings. The van der Waals surface area contributed by atoms with Crippen molar-refractivity contribution in [2.45, 2.75) is 12.8 Å². The van der Waals surface area contributed by atoms with Crippen molar-refractivity contribution in [3.8, 4) is 5.69 Å². The summed E-state index contributed by atoms with van der Waals surface area (Å²) in [5.74, 6) is 0. The van der Waals surface area contributed by atoms with E-state index in [2.05, 4.69) is 108 Å². The van der Waals surface area contributed by atoms with Gasteiger partial charge < -0.3 is 0 Å². The topological polar surface area (TPSA) is 22.0 Å². The maximum absolute atomic E-state index is 13.9. The van der Waals surface area contributed by atoms with Gasteiger partial charge in [0.2, 0.25) is 0 Å². The molecule has 2 nitrogen and oxygen atoms in total. The van der Waals surface area contributed by atoms with E-state index in [0.29, 0.717) is 0 Å². The fraction of sp³-hybridized carbons (Fsp3) is 0.0606. The number of fused-ring (bicyclic) bond motifs is 7. The molecule has 0 bridgehead atoms. The third-order valence-electron chi connectivity index (χ3n) is 7.69. The van der Waals surface area contributed by atoms with Gasteiger partial charge in [-0.15, -0.1) is 0 Å². The zero-order valence-corrected chi connectivity index (χ0v) is 21.8. The van der Waals surface area contributed by atoms with Crippen LogP contribution in [0.15, 0.2) is 108 Å². The fourth-order valence-electron chi connectivity index (χ4n) is 5.96. The molecule has 0 unspecified atom stereocenters. The second kappa shape index (κ2) is 7.68. The van der Waals surface area contributed by atoms with Crippen LogP contribution >= 0.6 is 0 Å². The number of hydrogen-bond acceptors (Lipinski definition) is 1. The third-order valence-corrected chi connectivity index (χ3v) is 10.9. The van der Waals surface area contributed by atoms with E-state index in [1.165, 1.54) is 50.9 Å². The van der Waals surface area contributed by atoms with Gasteiger partial charge in [0, 0.05) is 0 Å². The molecule has 1 aliphatic carbocycles. The first-order chi connectivity index (χ1) is 17.7. The fourth-order valence-corrected chi connectivity index (χ4v) is 9.09. The molecule has 0 amide bonds. The summed E-state index contributed by atoms with van der Waals surface area (Å²) in [5.41, 5.74) is 9.11. The zero-order chi connectivity index (χ0) is 23.8. The Bertz CT molecular complexity index is 2030. The van der Waals surface area contributed by atoms with E-state index in [1.54, 1.807) is 0 Å². The second-order valence-corrected chi connectivity index (χ2v) is 12.8. The molecule has 0 radical (unpaired) electrons. The Morgan fingerprint density at radius 3 is 1.81 bits per heavy atom. The van der Waals surface area contributed by atoms with Gasteiger partial charge in [0.15, 0.2) is 0 Å². The SMILES string of the molecule is O=c1c2cc(-n3c4ccccc4c4ccccc43)ccc2[te]c2cc3c(cc12)Cc1ccccc1C3. The molecule has 36 heavy (non-hydrogen) atoms. The van der Waals surface area contributed by atoms with Crippen molar-refractivity contribution in [2.24, 2.45) is 0 Å². The second-order valence-electron chi connectivity index (χ2n) is 9.72. The molecule has 2 aromatic heterocycles. The van der Waals surface area contributed by atoms with Crippen molar-refractivity contribution in [1.82, 2.24) is 4.57 Å². The van der Waals surface area contributed by atoms with Gasteiger partial charge in [-0.3, -0.25) is 0 Å². The summed E-state index contributed by atoms with van der Waals surface area (Å²) in [6, 6.07) is 36.9. The molecule has 0 atom stereocenters. The van der Waals surface area contributed by atoms with E-state index in [1.807, 2.05) is 0 Å². The van der Waals surface area contributed by atoms with Gasteiger partial charge in [-0.25, -0.2) is 0 Å². The average molecular weight is 575 g/mol. The van der Waals surface area contributed by atoms with Crippen molar-refractivity contribution in [1.29, 1.82) is 0 Å². The van der Waals surface area contributed by atoms with Crippen molar-refractivity contribution < 1.29 is 0 Å². The molecule has 0 spiro atoms. The van der Waals surface area contributed by atoms with Crippen LogP contribution in [0.1, 0.15) is 22.3 Å². The van der Waals surface area contributed by atoms with E-state index >= 15 is 0 Å². The summed E-state index contributed by atoms with van der Waals surface area (Å²) in [7, 11) is 0. The molecule has 7 aromatic rings. The molecule has 0 aliphatic heterocycles. The standard InChI is InChI=1S/C33H21NOTe/c35-33-27-17-22-15-20-7-1-2-8-21(20)16-23(22)18-32(27)36-31-14-13-24(19-28(31)33)34-29-11-5-3-9-25(29)26-10-4-6-12-30(26)34/h1-14,17-19H,15-16H2. The van der Waals surface area contributed by atoms with Crippen LogP contribution in [0.3, 0.4) is 0 Å². The predicted molar refractivity (Wildman–Crippen MR) is 151 cm³/mol. The van der Waals surface area contributed by atoms with E-state index < -0.39 is 20.4 Å². The first-order valence-electron chi connectivity index (χ1n) is 12.3. The maximum atomic E-state index is 13.9. The molecule has 5 aromatic carbocycles. The number of aromatic nitrogens is 1. The van der Waals surface area contributed by atoms with Gasteiger partial charge in [0.05, 0.1) is 0 Å². The Labute approximate surface area is 217 Å². The zero-order valence-electron chi connectivity index (χ0n) is 19.5.